The van der Waals surface area contributed by atoms with Gasteiger partial charge in [0, 0.05) is 11.4 Å². The minimum Gasteiger partial charge on any atom is -0.332 e. The average Bonchev–Trinajstić information content (AvgIpc) is 2.43. The number of hydrogen-bond donors (Lipinski definition) is 2. The first-order valence-electron chi connectivity index (χ1n) is 6.58. The molecule has 21 heavy (non-hydrogen) atoms. The van der Waals surface area contributed by atoms with Gasteiger partial charge in [-0.25, -0.2) is 4.39 Å². The van der Waals surface area contributed by atoms with E-state index < -0.39 is 5.82 Å². The average molecular weight is 323 g/mol. The monoisotopic (exact) mass is 322 g/mol. The lowest BCUT2D eigenvalue weighted by Gasteiger charge is -2.13. The SMILES string of the molecule is CC(C)c1cccc(NC(=S)Nc2ccc(F)c(Cl)c2)c1. The molecule has 0 atom stereocenters. The molecule has 2 aromatic carbocycles. The molecule has 2 nitrogen and oxygen atoms in total. The molecule has 0 aromatic heterocycles. The number of anilines is 2. The molecule has 0 bridgehead atoms. The van der Waals surface area contributed by atoms with Gasteiger partial charge in [-0.1, -0.05) is 37.6 Å². The lowest BCUT2D eigenvalue weighted by molar-refractivity contribution is 0.628. The van der Waals surface area contributed by atoms with Crippen LogP contribution in [-0.4, -0.2) is 5.11 Å². The van der Waals surface area contributed by atoms with Crippen molar-refractivity contribution in [1.29, 1.82) is 0 Å². The number of halogens is 2. The highest BCUT2D eigenvalue weighted by atomic mass is 35.5. The lowest BCUT2D eigenvalue weighted by Crippen LogP contribution is -2.19. The molecule has 0 spiro atoms. The van der Waals surface area contributed by atoms with Gasteiger partial charge >= 0.3 is 0 Å². The Bertz CT molecular complexity index is 658. The summed E-state index contributed by atoms with van der Waals surface area (Å²) in [5.74, 6) is -0.00471. The summed E-state index contributed by atoms with van der Waals surface area (Å²) in [4.78, 5) is 0. The summed E-state index contributed by atoms with van der Waals surface area (Å²) in [6.45, 7) is 4.27. The normalized spacial score (nSPS) is 10.5. The molecule has 0 heterocycles. The largest absolute Gasteiger partial charge is 0.332 e. The molecule has 0 fully saturated rings. The van der Waals surface area contributed by atoms with Crippen LogP contribution in [0.2, 0.25) is 5.02 Å². The summed E-state index contributed by atoms with van der Waals surface area (Å²) < 4.78 is 13.1. The third kappa shape index (κ3) is 4.41. The van der Waals surface area contributed by atoms with Gasteiger partial charge in [0.15, 0.2) is 5.11 Å². The lowest BCUT2D eigenvalue weighted by atomic mass is 10.0. The molecule has 0 aliphatic carbocycles. The number of rotatable bonds is 3. The van der Waals surface area contributed by atoms with Crippen molar-refractivity contribution in [2.75, 3.05) is 10.6 Å². The first-order chi connectivity index (χ1) is 9.95. The minimum absolute atomic E-state index is 0.0598. The van der Waals surface area contributed by atoms with E-state index in [0.717, 1.165) is 5.69 Å². The number of hydrogen-bond acceptors (Lipinski definition) is 1. The van der Waals surface area contributed by atoms with Crippen LogP contribution in [-0.2, 0) is 0 Å². The number of thiocarbonyl (C=S) groups is 1. The van der Waals surface area contributed by atoms with Crippen molar-refractivity contribution >= 4 is 40.3 Å². The van der Waals surface area contributed by atoms with E-state index in [1.165, 1.54) is 17.7 Å². The zero-order chi connectivity index (χ0) is 15.4. The summed E-state index contributed by atoms with van der Waals surface area (Å²) in [6, 6.07) is 12.4. The Morgan fingerprint density at radius 2 is 1.76 bits per heavy atom. The molecule has 2 rings (SSSR count). The van der Waals surface area contributed by atoms with Crippen LogP contribution in [0.1, 0.15) is 25.3 Å². The van der Waals surface area contributed by atoms with Gasteiger partial charge in [-0.15, -0.1) is 0 Å². The molecule has 0 radical (unpaired) electrons. The summed E-state index contributed by atoms with van der Waals surface area (Å²) in [5, 5.41) is 6.57. The van der Waals surface area contributed by atoms with Crippen molar-refractivity contribution in [3.05, 3.63) is 58.9 Å². The van der Waals surface area contributed by atoms with Crippen molar-refractivity contribution < 1.29 is 4.39 Å². The van der Waals surface area contributed by atoms with Crippen molar-refractivity contribution in [1.82, 2.24) is 0 Å². The molecule has 5 heteroatoms. The van der Waals surface area contributed by atoms with Crippen LogP contribution < -0.4 is 10.6 Å². The second kappa shape index (κ2) is 6.87. The minimum atomic E-state index is -0.453. The Morgan fingerprint density at radius 1 is 1.10 bits per heavy atom. The van der Waals surface area contributed by atoms with E-state index in [4.69, 9.17) is 23.8 Å². The van der Waals surface area contributed by atoms with Gasteiger partial charge < -0.3 is 10.6 Å². The van der Waals surface area contributed by atoms with Gasteiger partial charge in [-0.05, 0) is 54.0 Å². The van der Waals surface area contributed by atoms with Gasteiger partial charge in [0.1, 0.15) is 5.82 Å². The van der Waals surface area contributed by atoms with E-state index in [1.807, 2.05) is 12.1 Å². The standard InChI is InChI=1S/C16H16ClFN2S/c1-10(2)11-4-3-5-12(8-11)19-16(21)20-13-6-7-15(18)14(17)9-13/h3-10H,1-2H3,(H2,19,20,21). The molecule has 0 unspecified atom stereocenters. The molecule has 0 amide bonds. The summed E-state index contributed by atoms with van der Waals surface area (Å²) in [7, 11) is 0. The van der Waals surface area contributed by atoms with Gasteiger partial charge in [0.05, 0.1) is 5.02 Å². The Hall–Kier alpha value is -1.65. The highest BCUT2D eigenvalue weighted by Gasteiger charge is 2.04. The molecule has 0 saturated carbocycles. The Labute approximate surface area is 134 Å². The van der Waals surface area contributed by atoms with Crippen molar-refractivity contribution in [2.45, 2.75) is 19.8 Å². The van der Waals surface area contributed by atoms with Gasteiger partial charge in [0.2, 0.25) is 0 Å². The molecule has 110 valence electrons. The highest BCUT2D eigenvalue weighted by Crippen LogP contribution is 2.21. The van der Waals surface area contributed by atoms with Crippen LogP contribution in [0.4, 0.5) is 15.8 Å². The van der Waals surface area contributed by atoms with Crippen LogP contribution in [0.25, 0.3) is 0 Å². The number of benzene rings is 2. The van der Waals surface area contributed by atoms with Crippen LogP contribution >= 0.6 is 23.8 Å². The first kappa shape index (κ1) is 15.7. The highest BCUT2D eigenvalue weighted by molar-refractivity contribution is 7.80. The van der Waals surface area contributed by atoms with Crippen LogP contribution in [0.5, 0.6) is 0 Å². The Kier molecular flexibility index (Phi) is 5.15. The summed E-state index contributed by atoms with van der Waals surface area (Å²) >= 11 is 11.0. The zero-order valence-electron chi connectivity index (χ0n) is 11.8. The summed E-state index contributed by atoms with van der Waals surface area (Å²) in [6.07, 6.45) is 0. The van der Waals surface area contributed by atoms with Crippen LogP contribution in [0.3, 0.4) is 0 Å². The van der Waals surface area contributed by atoms with Crippen molar-refractivity contribution in [3.63, 3.8) is 0 Å². The number of nitrogens with one attached hydrogen (secondary N) is 2. The van der Waals surface area contributed by atoms with E-state index in [2.05, 4.69) is 36.6 Å². The zero-order valence-corrected chi connectivity index (χ0v) is 13.4. The fraction of sp³-hybridized carbons (Fsp3) is 0.188. The second-order valence-corrected chi connectivity index (χ2v) is 5.80. The maximum atomic E-state index is 13.1. The maximum Gasteiger partial charge on any atom is 0.175 e. The molecule has 0 saturated heterocycles. The predicted molar refractivity (Wildman–Crippen MR) is 91.8 cm³/mol. The smallest absolute Gasteiger partial charge is 0.175 e. The topological polar surface area (TPSA) is 24.1 Å². The molecule has 0 aliphatic heterocycles. The molecule has 2 N–H and O–H groups in total. The first-order valence-corrected chi connectivity index (χ1v) is 7.37. The van der Waals surface area contributed by atoms with E-state index in [0.29, 0.717) is 16.7 Å². The third-order valence-corrected chi connectivity index (χ3v) is 3.48. The molecule has 2 aromatic rings. The van der Waals surface area contributed by atoms with Crippen molar-refractivity contribution in [2.24, 2.45) is 0 Å². The van der Waals surface area contributed by atoms with Gasteiger partial charge in [0.25, 0.3) is 0 Å². The summed E-state index contributed by atoms with van der Waals surface area (Å²) in [5.41, 5.74) is 2.78. The second-order valence-electron chi connectivity index (χ2n) is 4.99. The molecular weight excluding hydrogens is 307 g/mol. The van der Waals surface area contributed by atoms with E-state index in [-0.39, 0.29) is 5.02 Å². The van der Waals surface area contributed by atoms with Crippen molar-refractivity contribution in [3.8, 4) is 0 Å². The fourth-order valence-corrected chi connectivity index (χ4v) is 2.26. The van der Waals surface area contributed by atoms with Crippen LogP contribution in [0, 0.1) is 5.82 Å². The van der Waals surface area contributed by atoms with E-state index >= 15 is 0 Å². The quantitative estimate of drug-likeness (QED) is 0.739. The molecular formula is C16H16ClFN2S. The Balaban J connectivity index is 2.04. The Morgan fingerprint density at radius 3 is 2.38 bits per heavy atom. The third-order valence-electron chi connectivity index (χ3n) is 2.99. The van der Waals surface area contributed by atoms with E-state index in [9.17, 15) is 4.39 Å². The predicted octanol–water partition coefficient (Wildman–Crippen LogP) is 5.41. The van der Waals surface area contributed by atoms with Gasteiger partial charge in [-0.3, -0.25) is 0 Å². The van der Waals surface area contributed by atoms with Gasteiger partial charge in [-0.2, -0.15) is 0 Å². The molecule has 0 aliphatic rings. The van der Waals surface area contributed by atoms with Crippen LogP contribution in [0.15, 0.2) is 42.5 Å². The van der Waals surface area contributed by atoms with E-state index in [1.54, 1.807) is 6.07 Å². The maximum absolute atomic E-state index is 13.1. The fourth-order valence-electron chi connectivity index (χ4n) is 1.84.